The number of likely N-dealkylation sites (tertiary alicyclic amines) is 1. The molecule has 0 aliphatic carbocycles. The van der Waals surface area contributed by atoms with Gasteiger partial charge in [0.25, 0.3) is 5.91 Å². The summed E-state index contributed by atoms with van der Waals surface area (Å²) in [6.45, 7) is 2.75. The molecule has 2 saturated heterocycles. The van der Waals surface area contributed by atoms with E-state index in [1.807, 2.05) is 4.90 Å². The van der Waals surface area contributed by atoms with E-state index in [4.69, 9.17) is 0 Å². The van der Waals surface area contributed by atoms with E-state index in [-0.39, 0.29) is 11.7 Å². The molecule has 0 aromatic heterocycles. The Labute approximate surface area is 133 Å². The first-order valence-electron chi connectivity index (χ1n) is 7.66. The number of nitrogens with zero attached hydrogens (tertiary/aromatic N) is 1. The molecule has 0 radical (unpaired) electrons. The Bertz CT molecular complexity index is 529. The lowest BCUT2D eigenvalue weighted by molar-refractivity contribution is 0.0650. The number of hydrogen-bond acceptors (Lipinski definition) is 3. The Morgan fingerprint density at radius 2 is 2.19 bits per heavy atom. The quantitative estimate of drug-likeness (QED) is 0.860. The Hall–Kier alpha value is -1.07. The first-order valence-corrected chi connectivity index (χ1v) is 8.45. The van der Waals surface area contributed by atoms with Crippen molar-refractivity contribution in [2.24, 2.45) is 5.92 Å². The van der Waals surface area contributed by atoms with Gasteiger partial charge in [-0.25, -0.2) is 0 Å². The number of hydrogen-bond donors (Lipinski definition) is 2. The molecule has 2 aliphatic rings. The molecule has 2 N–H and O–H groups in total. The molecule has 2 unspecified atom stereocenters. The smallest absolute Gasteiger partial charge is 0.253 e. The van der Waals surface area contributed by atoms with E-state index in [1.54, 1.807) is 18.2 Å². The van der Waals surface area contributed by atoms with Gasteiger partial charge in [0, 0.05) is 24.7 Å². The van der Waals surface area contributed by atoms with Gasteiger partial charge in [-0.1, -0.05) is 0 Å². The molecule has 4 nitrogen and oxygen atoms in total. The summed E-state index contributed by atoms with van der Waals surface area (Å²) < 4.78 is 0.616. The van der Waals surface area contributed by atoms with Crippen LogP contribution < -0.4 is 5.32 Å². The topological polar surface area (TPSA) is 52.6 Å². The second-order valence-corrected chi connectivity index (χ2v) is 6.88. The molecule has 5 heteroatoms. The van der Waals surface area contributed by atoms with E-state index in [0.29, 0.717) is 22.0 Å². The Morgan fingerprint density at radius 1 is 1.33 bits per heavy atom. The zero-order valence-electron chi connectivity index (χ0n) is 12.0. The lowest BCUT2D eigenvalue weighted by Gasteiger charge is -2.36. The van der Waals surface area contributed by atoms with Gasteiger partial charge in [0.2, 0.25) is 0 Å². The Kier molecular flexibility index (Phi) is 4.50. The third kappa shape index (κ3) is 3.24. The van der Waals surface area contributed by atoms with Gasteiger partial charge in [-0.2, -0.15) is 0 Å². The maximum absolute atomic E-state index is 12.6. The SMILES string of the molecule is O=C(c1ccc(Br)c(O)c1)N1CCCC(C2CCCN2)C1. The van der Waals surface area contributed by atoms with Crippen LogP contribution in [0, 0.1) is 5.92 Å². The largest absolute Gasteiger partial charge is 0.507 e. The number of halogens is 1. The van der Waals surface area contributed by atoms with Gasteiger partial charge in [0.1, 0.15) is 5.75 Å². The summed E-state index contributed by atoms with van der Waals surface area (Å²) in [5, 5.41) is 13.3. The maximum Gasteiger partial charge on any atom is 0.253 e. The molecular formula is C16H21BrN2O2. The minimum atomic E-state index is 0.0282. The molecule has 1 amide bonds. The number of phenols is 1. The van der Waals surface area contributed by atoms with E-state index in [1.165, 1.54) is 19.3 Å². The lowest BCUT2D eigenvalue weighted by Crippen LogP contribution is -2.45. The average molecular weight is 353 g/mol. The number of benzene rings is 1. The molecule has 0 spiro atoms. The first kappa shape index (κ1) is 14.9. The molecule has 2 fully saturated rings. The zero-order chi connectivity index (χ0) is 14.8. The van der Waals surface area contributed by atoms with Gasteiger partial charge in [0.15, 0.2) is 0 Å². The van der Waals surface area contributed by atoms with Crippen LogP contribution in [0.4, 0.5) is 0 Å². The van der Waals surface area contributed by atoms with E-state index >= 15 is 0 Å². The summed E-state index contributed by atoms with van der Waals surface area (Å²) in [6, 6.07) is 5.61. The fourth-order valence-corrected chi connectivity index (χ4v) is 3.71. The predicted molar refractivity (Wildman–Crippen MR) is 85.5 cm³/mol. The molecule has 0 saturated carbocycles. The molecule has 3 rings (SSSR count). The number of phenolic OH excluding ortho intramolecular Hbond substituents is 1. The van der Waals surface area contributed by atoms with Gasteiger partial charge in [-0.3, -0.25) is 4.79 Å². The molecule has 114 valence electrons. The third-order valence-corrected chi connectivity index (χ3v) is 5.28. The van der Waals surface area contributed by atoms with Crippen molar-refractivity contribution < 1.29 is 9.90 Å². The Balaban J connectivity index is 1.70. The molecule has 21 heavy (non-hydrogen) atoms. The molecule has 1 aromatic rings. The van der Waals surface area contributed by atoms with Crippen LogP contribution in [0.25, 0.3) is 0 Å². The molecule has 2 atom stereocenters. The third-order valence-electron chi connectivity index (χ3n) is 4.61. The number of carbonyl (C=O) groups excluding carboxylic acids is 1. The summed E-state index contributed by atoms with van der Waals surface area (Å²) >= 11 is 3.25. The standard InChI is InChI=1S/C16H21BrN2O2/c17-13-6-5-11(9-15(13)20)16(21)19-8-2-3-12(10-19)14-4-1-7-18-14/h5-6,9,12,14,18,20H,1-4,7-8,10H2. The zero-order valence-corrected chi connectivity index (χ0v) is 13.6. The molecule has 0 bridgehead atoms. The number of rotatable bonds is 2. The minimum absolute atomic E-state index is 0.0282. The van der Waals surface area contributed by atoms with Crippen molar-refractivity contribution in [1.82, 2.24) is 10.2 Å². The maximum atomic E-state index is 12.6. The number of nitrogens with one attached hydrogen (secondary N) is 1. The van der Waals surface area contributed by atoms with Crippen molar-refractivity contribution >= 4 is 21.8 Å². The normalized spacial score (nSPS) is 26.0. The molecule has 2 heterocycles. The van der Waals surface area contributed by atoms with Crippen molar-refractivity contribution in [3.8, 4) is 5.75 Å². The summed E-state index contributed by atoms with van der Waals surface area (Å²) in [6.07, 6.45) is 4.74. The van der Waals surface area contributed by atoms with Crippen LogP contribution in [-0.4, -0.2) is 41.6 Å². The highest BCUT2D eigenvalue weighted by Crippen LogP contribution is 2.28. The van der Waals surface area contributed by atoms with Gasteiger partial charge in [-0.05, 0) is 72.3 Å². The van der Waals surface area contributed by atoms with Crippen LogP contribution in [0.1, 0.15) is 36.0 Å². The van der Waals surface area contributed by atoms with Crippen molar-refractivity contribution in [1.29, 1.82) is 0 Å². The van der Waals surface area contributed by atoms with Crippen LogP contribution in [0.15, 0.2) is 22.7 Å². The second kappa shape index (κ2) is 6.36. The number of aromatic hydroxyl groups is 1. The minimum Gasteiger partial charge on any atom is -0.507 e. The first-order chi connectivity index (χ1) is 10.1. The van der Waals surface area contributed by atoms with E-state index in [0.717, 1.165) is 26.1 Å². The van der Waals surface area contributed by atoms with Crippen LogP contribution in [0.5, 0.6) is 5.75 Å². The van der Waals surface area contributed by atoms with Crippen molar-refractivity contribution in [3.05, 3.63) is 28.2 Å². The predicted octanol–water partition coefficient (Wildman–Crippen LogP) is 2.76. The summed E-state index contributed by atoms with van der Waals surface area (Å²) in [4.78, 5) is 14.5. The molecule has 1 aromatic carbocycles. The summed E-state index contributed by atoms with van der Waals surface area (Å²) in [5.41, 5.74) is 0.565. The van der Waals surface area contributed by atoms with E-state index in [2.05, 4.69) is 21.2 Å². The fraction of sp³-hybridized carbons (Fsp3) is 0.562. The van der Waals surface area contributed by atoms with Gasteiger partial charge >= 0.3 is 0 Å². The van der Waals surface area contributed by atoms with Crippen LogP contribution >= 0.6 is 15.9 Å². The lowest BCUT2D eigenvalue weighted by atomic mass is 9.89. The van der Waals surface area contributed by atoms with E-state index < -0.39 is 0 Å². The number of amides is 1. The van der Waals surface area contributed by atoms with Crippen LogP contribution in [-0.2, 0) is 0 Å². The van der Waals surface area contributed by atoms with Crippen molar-refractivity contribution in [2.75, 3.05) is 19.6 Å². The fourth-order valence-electron chi connectivity index (χ4n) is 3.47. The number of piperidine rings is 1. The monoisotopic (exact) mass is 352 g/mol. The highest BCUT2D eigenvalue weighted by molar-refractivity contribution is 9.10. The molecular weight excluding hydrogens is 332 g/mol. The van der Waals surface area contributed by atoms with Crippen molar-refractivity contribution in [2.45, 2.75) is 31.7 Å². The summed E-state index contributed by atoms with van der Waals surface area (Å²) in [5.74, 6) is 0.710. The second-order valence-electron chi connectivity index (χ2n) is 6.02. The Morgan fingerprint density at radius 3 is 2.90 bits per heavy atom. The van der Waals surface area contributed by atoms with E-state index in [9.17, 15) is 9.90 Å². The highest BCUT2D eigenvalue weighted by Gasteiger charge is 2.31. The van der Waals surface area contributed by atoms with Crippen molar-refractivity contribution in [3.63, 3.8) is 0 Å². The van der Waals surface area contributed by atoms with Gasteiger partial charge in [0.05, 0.1) is 4.47 Å². The average Bonchev–Trinajstić information content (AvgIpc) is 3.04. The van der Waals surface area contributed by atoms with Crippen LogP contribution in [0.2, 0.25) is 0 Å². The molecule has 2 aliphatic heterocycles. The number of carbonyl (C=O) groups is 1. The summed E-state index contributed by atoms with van der Waals surface area (Å²) in [7, 11) is 0. The van der Waals surface area contributed by atoms with Gasteiger partial charge in [-0.15, -0.1) is 0 Å². The van der Waals surface area contributed by atoms with Gasteiger partial charge < -0.3 is 15.3 Å². The highest BCUT2D eigenvalue weighted by atomic mass is 79.9. The van der Waals surface area contributed by atoms with Crippen LogP contribution in [0.3, 0.4) is 0 Å².